The van der Waals surface area contributed by atoms with Gasteiger partial charge >= 0.3 is 0 Å². The average Bonchev–Trinajstić information content (AvgIpc) is 3.08. The van der Waals surface area contributed by atoms with Crippen molar-refractivity contribution in [1.82, 2.24) is 4.98 Å². The van der Waals surface area contributed by atoms with Crippen LogP contribution in [0, 0.1) is 5.82 Å². The summed E-state index contributed by atoms with van der Waals surface area (Å²) in [6, 6.07) is 6.66. The Morgan fingerprint density at radius 2 is 1.90 bits per heavy atom. The summed E-state index contributed by atoms with van der Waals surface area (Å²) in [5, 5.41) is 0.978. The van der Waals surface area contributed by atoms with Crippen LogP contribution in [0.25, 0.3) is 10.4 Å². The summed E-state index contributed by atoms with van der Waals surface area (Å²) in [6.07, 6.45) is 4.96. The van der Waals surface area contributed by atoms with Gasteiger partial charge in [-0.15, -0.1) is 11.3 Å². The summed E-state index contributed by atoms with van der Waals surface area (Å²) in [6.45, 7) is 1.96. The highest BCUT2D eigenvalue weighted by Gasteiger charge is 2.25. The van der Waals surface area contributed by atoms with Gasteiger partial charge in [-0.3, -0.25) is 0 Å². The van der Waals surface area contributed by atoms with Gasteiger partial charge < -0.3 is 5.73 Å². The lowest BCUT2D eigenvalue weighted by molar-refractivity contribution is 0.628. The maximum atomic E-state index is 13.1. The quantitative estimate of drug-likeness (QED) is 0.895. The number of thiazole rings is 1. The van der Waals surface area contributed by atoms with Crippen LogP contribution in [0.3, 0.4) is 0 Å². The van der Waals surface area contributed by atoms with Crippen LogP contribution in [-0.2, 0) is 0 Å². The summed E-state index contributed by atoms with van der Waals surface area (Å²) in [4.78, 5) is 5.96. The van der Waals surface area contributed by atoms with E-state index in [1.54, 1.807) is 11.3 Å². The summed E-state index contributed by atoms with van der Waals surface area (Å²) >= 11 is 1.65. The van der Waals surface area contributed by atoms with E-state index in [1.165, 1.54) is 48.4 Å². The van der Waals surface area contributed by atoms with E-state index in [0.717, 1.165) is 10.6 Å². The van der Waals surface area contributed by atoms with Crippen molar-refractivity contribution in [1.29, 1.82) is 0 Å². The van der Waals surface area contributed by atoms with Crippen LogP contribution in [0.1, 0.15) is 55.3 Å². The summed E-state index contributed by atoms with van der Waals surface area (Å²) in [5.74, 6) is 0.340. The zero-order chi connectivity index (χ0) is 14.1. The van der Waals surface area contributed by atoms with Crippen LogP contribution < -0.4 is 5.73 Å². The van der Waals surface area contributed by atoms with Gasteiger partial charge in [0.2, 0.25) is 0 Å². The maximum absolute atomic E-state index is 13.1. The third-order valence-electron chi connectivity index (χ3n) is 3.91. The Hall–Kier alpha value is -1.26. The molecule has 1 atom stereocenters. The van der Waals surface area contributed by atoms with Crippen molar-refractivity contribution in [2.75, 3.05) is 0 Å². The van der Waals surface area contributed by atoms with E-state index in [0.29, 0.717) is 5.92 Å². The first kappa shape index (κ1) is 13.7. The normalized spacial score (nSPS) is 17.6. The number of hydrogen-bond donors (Lipinski definition) is 1. The van der Waals surface area contributed by atoms with E-state index in [9.17, 15) is 4.39 Å². The lowest BCUT2D eigenvalue weighted by Crippen LogP contribution is -2.05. The molecule has 2 aromatic rings. The fourth-order valence-corrected chi connectivity index (χ4v) is 3.94. The van der Waals surface area contributed by atoms with Crippen molar-refractivity contribution < 1.29 is 4.39 Å². The SMILES string of the molecule is C[C@H](N)c1nc(C2CCCC2)c(-c2ccc(F)cc2)s1. The molecule has 0 bridgehead atoms. The van der Waals surface area contributed by atoms with Crippen molar-refractivity contribution in [3.8, 4) is 10.4 Å². The molecular weight excluding hydrogens is 271 g/mol. The molecule has 0 amide bonds. The molecule has 2 N–H and O–H groups in total. The first-order valence-electron chi connectivity index (χ1n) is 7.17. The largest absolute Gasteiger partial charge is 0.322 e. The van der Waals surface area contributed by atoms with E-state index in [2.05, 4.69) is 0 Å². The van der Waals surface area contributed by atoms with Gasteiger partial charge in [0.05, 0.1) is 16.6 Å². The molecule has 1 fully saturated rings. The van der Waals surface area contributed by atoms with Crippen LogP contribution in [0.4, 0.5) is 4.39 Å². The summed E-state index contributed by atoms with van der Waals surface area (Å²) in [7, 11) is 0. The predicted octanol–water partition coefficient (Wildman–Crippen LogP) is 4.63. The molecule has 1 heterocycles. The lowest BCUT2D eigenvalue weighted by Gasteiger charge is -2.08. The highest BCUT2D eigenvalue weighted by Crippen LogP contribution is 2.42. The second kappa shape index (κ2) is 5.62. The molecule has 1 saturated carbocycles. The Labute approximate surface area is 122 Å². The number of hydrogen-bond acceptors (Lipinski definition) is 3. The summed E-state index contributed by atoms with van der Waals surface area (Å²) < 4.78 is 13.1. The van der Waals surface area contributed by atoms with E-state index in [1.807, 2.05) is 19.1 Å². The molecule has 3 rings (SSSR count). The van der Waals surface area contributed by atoms with Gasteiger partial charge in [0.25, 0.3) is 0 Å². The van der Waals surface area contributed by atoms with E-state index in [4.69, 9.17) is 10.7 Å². The monoisotopic (exact) mass is 290 g/mol. The molecule has 2 nitrogen and oxygen atoms in total. The molecule has 0 spiro atoms. The Kier molecular flexibility index (Phi) is 3.85. The molecule has 4 heteroatoms. The van der Waals surface area contributed by atoms with E-state index >= 15 is 0 Å². The smallest absolute Gasteiger partial charge is 0.123 e. The van der Waals surface area contributed by atoms with E-state index < -0.39 is 0 Å². The van der Waals surface area contributed by atoms with Gasteiger partial charge in [-0.25, -0.2) is 9.37 Å². The van der Waals surface area contributed by atoms with Gasteiger partial charge in [0.1, 0.15) is 10.8 Å². The van der Waals surface area contributed by atoms with Gasteiger partial charge in [-0.05, 0) is 37.5 Å². The number of benzene rings is 1. The minimum atomic E-state index is -0.201. The lowest BCUT2D eigenvalue weighted by atomic mass is 10.00. The number of aromatic nitrogens is 1. The highest BCUT2D eigenvalue weighted by atomic mass is 32.1. The zero-order valence-corrected chi connectivity index (χ0v) is 12.4. The van der Waals surface area contributed by atoms with Gasteiger partial charge in [-0.1, -0.05) is 25.0 Å². The molecule has 0 saturated heterocycles. The fourth-order valence-electron chi connectivity index (χ4n) is 2.83. The minimum absolute atomic E-state index is 0.0469. The number of halogens is 1. The molecule has 1 aliphatic carbocycles. The van der Waals surface area contributed by atoms with Gasteiger partial charge in [-0.2, -0.15) is 0 Å². The third-order valence-corrected chi connectivity index (χ3v) is 5.23. The van der Waals surface area contributed by atoms with E-state index in [-0.39, 0.29) is 11.9 Å². The van der Waals surface area contributed by atoms with Gasteiger partial charge in [0.15, 0.2) is 0 Å². The van der Waals surface area contributed by atoms with Gasteiger partial charge in [0, 0.05) is 5.92 Å². The number of nitrogens with two attached hydrogens (primary N) is 1. The predicted molar refractivity (Wildman–Crippen MR) is 81.3 cm³/mol. The molecule has 1 aromatic carbocycles. The Bertz CT molecular complexity index is 583. The fraction of sp³-hybridized carbons (Fsp3) is 0.438. The molecule has 0 unspecified atom stereocenters. The Morgan fingerprint density at radius 3 is 2.50 bits per heavy atom. The first-order valence-corrected chi connectivity index (χ1v) is 7.99. The van der Waals surface area contributed by atoms with Crippen molar-refractivity contribution >= 4 is 11.3 Å². The van der Waals surface area contributed by atoms with Crippen LogP contribution >= 0.6 is 11.3 Å². The highest BCUT2D eigenvalue weighted by molar-refractivity contribution is 7.15. The van der Waals surface area contributed by atoms with Crippen LogP contribution in [0.2, 0.25) is 0 Å². The zero-order valence-electron chi connectivity index (χ0n) is 11.6. The third kappa shape index (κ3) is 2.63. The maximum Gasteiger partial charge on any atom is 0.123 e. The Balaban J connectivity index is 2.05. The van der Waals surface area contributed by atoms with Crippen molar-refractivity contribution in [2.45, 2.75) is 44.6 Å². The van der Waals surface area contributed by atoms with Crippen LogP contribution in [0.5, 0.6) is 0 Å². The molecular formula is C16H19FN2S. The van der Waals surface area contributed by atoms with Crippen molar-refractivity contribution in [2.24, 2.45) is 5.73 Å². The topological polar surface area (TPSA) is 38.9 Å². The minimum Gasteiger partial charge on any atom is -0.322 e. The average molecular weight is 290 g/mol. The first-order chi connectivity index (χ1) is 9.65. The Morgan fingerprint density at radius 1 is 1.25 bits per heavy atom. The second-order valence-corrected chi connectivity index (χ2v) is 6.57. The standard InChI is InChI=1S/C16H19FN2S/c1-10(18)16-19-14(11-4-2-3-5-11)15(20-16)12-6-8-13(17)9-7-12/h6-11H,2-5,18H2,1H3/t10-/m0/s1. The molecule has 0 aliphatic heterocycles. The van der Waals surface area contributed by atoms with Crippen molar-refractivity contribution in [3.63, 3.8) is 0 Å². The molecule has 106 valence electrons. The summed E-state index contributed by atoms with van der Waals surface area (Å²) in [5.41, 5.74) is 8.21. The number of nitrogens with zero attached hydrogens (tertiary/aromatic N) is 1. The molecule has 1 aromatic heterocycles. The van der Waals surface area contributed by atoms with Crippen molar-refractivity contribution in [3.05, 3.63) is 40.8 Å². The number of rotatable bonds is 3. The second-order valence-electron chi connectivity index (χ2n) is 5.54. The van der Waals surface area contributed by atoms with Crippen LogP contribution in [-0.4, -0.2) is 4.98 Å². The molecule has 1 aliphatic rings. The molecule has 0 radical (unpaired) electrons. The molecule has 20 heavy (non-hydrogen) atoms. The van der Waals surface area contributed by atoms with Crippen LogP contribution in [0.15, 0.2) is 24.3 Å².